The number of hydrogen-bond donors (Lipinski definition) is 0. The molecule has 1 heterocycles. The quantitative estimate of drug-likeness (QED) is 0.828. The van der Waals surface area contributed by atoms with Crippen LogP contribution in [0.25, 0.3) is 0 Å². The Bertz CT molecular complexity index is 581. The van der Waals surface area contributed by atoms with Gasteiger partial charge in [-0.15, -0.1) is 0 Å². The second kappa shape index (κ2) is 7.21. The minimum atomic E-state index is -0.145. The highest BCUT2D eigenvalue weighted by molar-refractivity contribution is 6.30. The van der Waals surface area contributed by atoms with Crippen molar-refractivity contribution in [2.45, 2.75) is 39.8 Å². The van der Waals surface area contributed by atoms with Gasteiger partial charge in [-0.3, -0.25) is 9.69 Å². The van der Waals surface area contributed by atoms with E-state index in [0.29, 0.717) is 18.1 Å². The third-order valence-corrected chi connectivity index (χ3v) is 4.18. The monoisotopic (exact) mass is 337 g/mol. The van der Waals surface area contributed by atoms with Gasteiger partial charge in [0.25, 0.3) is 0 Å². The number of nitrogens with zero attached hydrogens (tertiary/aromatic N) is 3. The maximum Gasteiger partial charge on any atom is 0.325 e. The van der Waals surface area contributed by atoms with E-state index in [0.717, 1.165) is 5.69 Å². The van der Waals surface area contributed by atoms with Gasteiger partial charge in [0.15, 0.2) is 0 Å². The molecular formula is C17H24ClN3O2. The van der Waals surface area contributed by atoms with Gasteiger partial charge in [0.05, 0.1) is 0 Å². The molecule has 6 heteroatoms. The summed E-state index contributed by atoms with van der Waals surface area (Å²) in [5.74, 6) is -0.0173. The number of urea groups is 1. The molecule has 0 saturated carbocycles. The summed E-state index contributed by atoms with van der Waals surface area (Å²) in [5.41, 5.74) is 0.766. The number of rotatable bonds is 5. The molecule has 5 nitrogen and oxygen atoms in total. The van der Waals surface area contributed by atoms with Crippen LogP contribution in [0.3, 0.4) is 0 Å². The molecule has 0 radical (unpaired) electrons. The number of halogens is 1. The van der Waals surface area contributed by atoms with Gasteiger partial charge in [0.2, 0.25) is 5.91 Å². The summed E-state index contributed by atoms with van der Waals surface area (Å²) in [7, 11) is 0. The maximum absolute atomic E-state index is 12.6. The molecule has 0 bridgehead atoms. The van der Waals surface area contributed by atoms with Crippen molar-refractivity contribution >= 4 is 29.2 Å². The SMILES string of the molecule is CC(C)N(C(=O)CN1CCN(c2cccc(Cl)c2)C1=O)C(C)C. The van der Waals surface area contributed by atoms with Crippen LogP contribution in [0.2, 0.25) is 5.02 Å². The maximum atomic E-state index is 12.6. The van der Waals surface area contributed by atoms with E-state index < -0.39 is 0 Å². The lowest BCUT2D eigenvalue weighted by Crippen LogP contribution is -2.48. The molecule has 1 fully saturated rings. The van der Waals surface area contributed by atoms with E-state index in [1.54, 1.807) is 21.9 Å². The van der Waals surface area contributed by atoms with Crippen LogP contribution in [0.1, 0.15) is 27.7 Å². The summed E-state index contributed by atoms with van der Waals surface area (Å²) >= 11 is 5.99. The van der Waals surface area contributed by atoms with Gasteiger partial charge in [0, 0.05) is 35.9 Å². The second-order valence-corrected chi connectivity index (χ2v) is 6.76. The Morgan fingerprint density at radius 2 is 1.87 bits per heavy atom. The number of benzene rings is 1. The van der Waals surface area contributed by atoms with E-state index in [9.17, 15) is 9.59 Å². The highest BCUT2D eigenvalue weighted by Gasteiger charge is 2.32. The highest BCUT2D eigenvalue weighted by Crippen LogP contribution is 2.23. The van der Waals surface area contributed by atoms with Gasteiger partial charge < -0.3 is 9.80 Å². The van der Waals surface area contributed by atoms with Crippen molar-refractivity contribution in [3.63, 3.8) is 0 Å². The van der Waals surface area contributed by atoms with Crippen molar-refractivity contribution < 1.29 is 9.59 Å². The molecular weight excluding hydrogens is 314 g/mol. The van der Waals surface area contributed by atoms with E-state index >= 15 is 0 Å². The molecule has 1 aliphatic heterocycles. The van der Waals surface area contributed by atoms with Gasteiger partial charge in [-0.25, -0.2) is 4.79 Å². The molecule has 126 valence electrons. The molecule has 0 atom stereocenters. The third kappa shape index (κ3) is 3.96. The lowest BCUT2D eigenvalue weighted by atomic mass is 10.2. The standard InChI is InChI=1S/C17H24ClN3O2/c1-12(2)21(13(3)4)16(22)11-19-8-9-20(17(19)23)15-7-5-6-14(18)10-15/h5-7,10,12-13H,8-9,11H2,1-4H3. The Hall–Kier alpha value is -1.75. The van der Waals surface area contributed by atoms with Crippen molar-refractivity contribution in [1.29, 1.82) is 0 Å². The van der Waals surface area contributed by atoms with Crippen molar-refractivity contribution in [1.82, 2.24) is 9.80 Å². The molecule has 0 aromatic heterocycles. The minimum Gasteiger partial charge on any atom is -0.336 e. The van der Waals surface area contributed by atoms with Gasteiger partial charge in [-0.2, -0.15) is 0 Å². The zero-order chi connectivity index (χ0) is 17.1. The fraction of sp³-hybridized carbons (Fsp3) is 0.529. The molecule has 1 aromatic carbocycles. The first kappa shape index (κ1) is 17.6. The van der Waals surface area contributed by atoms with E-state index in [1.807, 2.05) is 44.7 Å². The van der Waals surface area contributed by atoms with Gasteiger partial charge in [-0.05, 0) is 45.9 Å². The summed E-state index contributed by atoms with van der Waals surface area (Å²) in [6.45, 7) is 9.18. The number of carbonyl (C=O) groups is 2. The predicted octanol–water partition coefficient (Wildman–Crippen LogP) is 3.23. The first-order chi connectivity index (χ1) is 10.8. The zero-order valence-corrected chi connectivity index (χ0v) is 14.9. The summed E-state index contributed by atoms with van der Waals surface area (Å²) in [5, 5.41) is 0.593. The molecule has 0 N–H and O–H groups in total. The summed E-state index contributed by atoms with van der Waals surface area (Å²) in [4.78, 5) is 30.1. The van der Waals surface area contributed by atoms with Crippen LogP contribution in [0.15, 0.2) is 24.3 Å². The first-order valence-electron chi connectivity index (χ1n) is 7.94. The lowest BCUT2D eigenvalue weighted by Gasteiger charge is -2.32. The molecule has 23 heavy (non-hydrogen) atoms. The topological polar surface area (TPSA) is 43.9 Å². The molecule has 3 amide bonds. The van der Waals surface area contributed by atoms with Crippen LogP contribution in [-0.2, 0) is 4.79 Å². The van der Waals surface area contributed by atoms with Crippen molar-refractivity contribution in [3.8, 4) is 0 Å². The smallest absolute Gasteiger partial charge is 0.325 e. The highest BCUT2D eigenvalue weighted by atomic mass is 35.5. The Balaban J connectivity index is 2.06. The average molecular weight is 338 g/mol. The van der Waals surface area contributed by atoms with Crippen molar-refractivity contribution in [2.24, 2.45) is 0 Å². The molecule has 2 rings (SSSR count). The van der Waals surface area contributed by atoms with Crippen LogP contribution >= 0.6 is 11.6 Å². The van der Waals surface area contributed by atoms with Gasteiger partial charge >= 0.3 is 6.03 Å². The van der Waals surface area contributed by atoms with Crippen LogP contribution in [0.4, 0.5) is 10.5 Å². The van der Waals surface area contributed by atoms with Crippen LogP contribution < -0.4 is 4.90 Å². The zero-order valence-electron chi connectivity index (χ0n) is 14.1. The molecule has 1 saturated heterocycles. The predicted molar refractivity (Wildman–Crippen MR) is 92.9 cm³/mol. The largest absolute Gasteiger partial charge is 0.336 e. The number of carbonyl (C=O) groups excluding carboxylic acids is 2. The van der Waals surface area contributed by atoms with Crippen LogP contribution in [-0.4, -0.2) is 53.5 Å². The summed E-state index contributed by atoms with van der Waals surface area (Å²) < 4.78 is 0. The van der Waals surface area contributed by atoms with E-state index in [-0.39, 0.29) is 30.6 Å². The van der Waals surface area contributed by atoms with E-state index in [2.05, 4.69) is 0 Å². The minimum absolute atomic E-state index is 0.0173. The van der Waals surface area contributed by atoms with Gasteiger partial charge in [-0.1, -0.05) is 17.7 Å². The second-order valence-electron chi connectivity index (χ2n) is 6.32. The van der Waals surface area contributed by atoms with Crippen molar-refractivity contribution in [2.75, 3.05) is 24.5 Å². The molecule has 1 aliphatic rings. The fourth-order valence-electron chi connectivity index (χ4n) is 3.03. The lowest BCUT2D eigenvalue weighted by molar-refractivity contribution is -0.135. The van der Waals surface area contributed by atoms with Crippen LogP contribution in [0, 0.1) is 0 Å². The van der Waals surface area contributed by atoms with Gasteiger partial charge in [0.1, 0.15) is 6.54 Å². The summed E-state index contributed by atoms with van der Waals surface area (Å²) in [6.07, 6.45) is 0. The van der Waals surface area contributed by atoms with Crippen molar-refractivity contribution in [3.05, 3.63) is 29.3 Å². The first-order valence-corrected chi connectivity index (χ1v) is 8.32. The van der Waals surface area contributed by atoms with Crippen LogP contribution in [0.5, 0.6) is 0 Å². The normalized spacial score (nSPS) is 15.0. The molecule has 1 aromatic rings. The van der Waals surface area contributed by atoms with E-state index in [4.69, 9.17) is 11.6 Å². The summed E-state index contributed by atoms with van der Waals surface area (Å²) in [6, 6.07) is 7.29. The Morgan fingerprint density at radius 1 is 1.22 bits per heavy atom. The molecule has 0 unspecified atom stereocenters. The average Bonchev–Trinajstić information content (AvgIpc) is 2.79. The Labute approximate surface area is 142 Å². The molecule has 0 aliphatic carbocycles. The number of amides is 3. The third-order valence-electron chi connectivity index (χ3n) is 3.94. The fourth-order valence-corrected chi connectivity index (χ4v) is 3.21. The number of anilines is 1. The van der Waals surface area contributed by atoms with E-state index in [1.165, 1.54) is 0 Å². The number of hydrogen-bond acceptors (Lipinski definition) is 2. The Kier molecular flexibility index (Phi) is 5.52. The molecule has 0 spiro atoms. The Morgan fingerprint density at radius 3 is 2.43 bits per heavy atom.